The predicted molar refractivity (Wildman–Crippen MR) is 60.2 cm³/mol. The SMILES string of the molecule is C.COC[C@@H]1CSc2ccccc2O1. The van der Waals surface area contributed by atoms with Crippen LogP contribution in [0.2, 0.25) is 0 Å². The molecule has 2 nitrogen and oxygen atoms in total. The second-order valence-electron chi connectivity index (χ2n) is 2.95. The van der Waals surface area contributed by atoms with E-state index >= 15 is 0 Å². The summed E-state index contributed by atoms with van der Waals surface area (Å²) in [6, 6.07) is 8.12. The summed E-state index contributed by atoms with van der Waals surface area (Å²) >= 11 is 1.83. The molecule has 1 aromatic rings. The highest BCUT2D eigenvalue weighted by atomic mass is 32.2. The Morgan fingerprint density at radius 3 is 3.07 bits per heavy atom. The molecule has 1 atom stereocenters. The van der Waals surface area contributed by atoms with E-state index in [9.17, 15) is 0 Å². The maximum atomic E-state index is 5.73. The lowest BCUT2D eigenvalue weighted by Gasteiger charge is -2.24. The Morgan fingerprint density at radius 1 is 1.50 bits per heavy atom. The average molecular weight is 212 g/mol. The monoisotopic (exact) mass is 212 g/mol. The standard InChI is InChI=1S/C10H12O2S.CH4/c1-11-6-8-7-13-10-5-3-2-4-9(10)12-8;/h2-5,8H,6-7H2,1H3;1H4/t8-;/m1./s1. The van der Waals surface area contributed by atoms with Crippen molar-refractivity contribution in [2.75, 3.05) is 19.5 Å². The molecule has 0 aliphatic carbocycles. The second-order valence-corrected chi connectivity index (χ2v) is 4.01. The Balaban J connectivity index is 0.000000980. The molecule has 1 heterocycles. The lowest BCUT2D eigenvalue weighted by Crippen LogP contribution is -2.27. The van der Waals surface area contributed by atoms with Crippen LogP contribution in [0.4, 0.5) is 0 Å². The van der Waals surface area contributed by atoms with Crippen molar-refractivity contribution in [2.24, 2.45) is 0 Å². The number of thioether (sulfide) groups is 1. The van der Waals surface area contributed by atoms with Gasteiger partial charge in [-0.2, -0.15) is 0 Å². The molecule has 0 saturated carbocycles. The molecule has 1 aliphatic rings. The Bertz CT molecular complexity index is 288. The molecule has 1 aromatic carbocycles. The van der Waals surface area contributed by atoms with E-state index in [2.05, 4.69) is 6.07 Å². The van der Waals surface area contributed by atoms with Crippen molar-refractivity contribution in [3.63, 3.8) is 0 Å². The molecule has 0 bridgehead atoms. The normalized spacial score (nSPS) is 19.1. The topological polar surface area (TPSA) is 18.5 Å². The van der Waals surface area contributed by atoms with Crippen LogP contribution in [0, 0.1) is 0 Å². The van der Waals surface area contributed by atoms with E-state index in [0.29, 0.717) is 6.61 Å². The first kappa shape index (κ1) is 11.4. The third kappa shape index (κ3) is 2.42. The van der Waals surface area contributed by atoms with E-state index in [4.69, 9.17) is 9.47 Å². The summed E-state index contributed by atoms with van der Waals surface area (Å²) in [7, 11) is 1.70. The molecule has 2 rings (SSSR count). The minimum absolute atomic E-state index is 0. The van der Waals surface area contributed by atoms with Crippen LogP contribution < -0.4 is 4.74 Å². The summed E-state index contributed by atoms with van der Waals surface area (Å²) in [4.78, 5) is 1.23. The summed E-state index contributed by atoms with van der Waals surface area (Å²) in [6.07, 6.45) is 0.199. The van der Waals surface area contributed by atoms with Crippen LogP contribution in [0.15, 0.2) is 29.2 Å². The van der Waals surface area contributed by atoms with E-state index in [1.54, 1.807) is 7.11 Å². The smallest absolute Gasteiger partial charge is 0.133 e. The highest BCUT2D eigenvalue weighted by Gasteiger charge is 2.19. The van der Waals surface area contributed by atoms with Gasteiger partial charge in [-0.25, -0.2) is 0 Å². The van der Waals surface area contributed by atoms with Gasteiger partial charge in [0.1, 0.15) is 11.9 Å². The zero-order chi connectivity index (χ0) is 9.10. The molecule has 0 spiro atoms. The molecular formula is C11H16O2S. The maximum absolute atomic E-state index is 5.73. The molecule has 0 amide bonds. The van der Waals surface area contributed by atoms with E-state index in [1.807, 2.05) is 30.0 Å². The van der Waals surface area contributed by atoms with Gasteiger partial charge in [0.05, 0.1) is 6.61 Å². The van der Waals surface area contributed by atoms with Gasteiger partial charge in [-0.05, 0) is 12.1 Å². The first-order valence-corrected chi connectivity index (χ1v) is 5.26. The van der Waals surface area contributed by atoms with E-state index in [0.717, 1.165) is 11.5 Å². The van der Waals surface area contributed by atoms with Crippen LogP contribution in [0.1, 0.15) is 7.43 Å². The maximum Gasteiger partial charge on any atom is 0.133 e. The molecule has 3 heteroatoms. The number of ether oxygens (including phenoxy) is 2. The van der Waals surface area contributed by atoms with Crippen LogP contribution in [0.5, 0.6) is 5.75 Å². The fraction of sp³-hybridized carbons (Fsp3) is 0.455. The number of hydrogen-bond acceptors (Lipinski definition) is 3. The molecule has 1 aliphatic heterocycles. The molecule has 0 saturated heterocycles. The third-order valence-electron chi connectivity index (χ3n) is 1.92. The molecular weight excluding hydrogens is 196 g/mol. The van der Waals surface area contributed by atoms with Crippen molar-refractivity contribution in [3.8, 4) is 5.75 Å². The first-order chi connectivity index (χ1) is 6.40. The molecule has 78 valence electrons. The average Bonchev–Trinajstić information content (AvgIpc) is 2.18. The van der Waals surface area contributed by atoms with Gasteiger partial charge < -0.3 is 9.47 Å². The van der Waals surface area contributed by atoms with Crippen LogP contribution in [-0.2, 0) is 4.74 Å². The van der Waals surface area contributed by atoms with Crippen LogP contribution in [0.25, 0.3) is 0 Å². The number of para-hydroxylation sites is 1. The molecule has 0 aromatic heterocycles. The van der Waals surface area contributed by atoms with Gasteiger partial charge in [0, 0.05) is 17.8 Å². The summed E-state index contributed by atoms with van der Waals surface area (Å²) in [5.74, 6) is 1.96. The minimum atomic E-state index is 0. The number of rotatable bonds is 2. The van der Waals surface area contributed by atoms with Crippen molar-refractivity contribution in [3.05, 3.63) is 24.3 Å². The fourth-order valence-electron chi connectivity index (χ4n) is 1.33. The van der Waals surface area contributed by atoms with Crippen molar-refractivity contribution < 1.29 is 9.47 Å². The minimum Gasteiger partial charge on any atom is -0.486 e. The highest BCUT2D eigenvalue weighted by molar-refractivity contribution is 7.99. The lowest BCUT2D eigenvalue weighted by molar-refractivity contribution is 0.0906. The summed E-state index contributed by atoms with van der Waals surface area (Å²) in [5.41, 5.74) is 0. The largest absolute Gasteiger partial charge is 0.486 e. The zero-order valence-corrected chi connectivity index (χ0v) is 8.34. The van der Waals surface area contributed by atoms with E-state index < -0.39 is 0 Å². The van der Waals surface area contributed by atoms with Gasteiger partial charge in [-0.1, -0.05) is 19.6 Å². The summed E-state index contributed by atoms with van der Waals surface area (Å²) < 4.78 is 10.8. The quantitative estimate of drug-likeness (QED) is 0.751. The molecule has 0 fully saturated rings. The summed E-state index contributed by atoms with van der Waals surface area (Å²) in [6.45, 7) is 0.668. The van der Waals surface area contributed by atoms with Crippen molar-refractivity contribution >= 4 is 11.8 Å². The lowest BCUT2D eigenvalue weighted by atomic mass is 10.3. The Hall–Kier alpha value is -0.670. The predicted octanol–water partition coefficient (Wildman–Crippen LogP) is 2.82. The molecule has 0 unspecified atom stereocenters. The second kappa shape index (κ2) is 5.27. The zero-order valence-electron chi connectivity index (χ0n) is 7.53. The number of hydrogen-bond donors (Lipinski definition) is 0. The number of benzene rings is 1. The van der Waals surface area contributed by atoms with E-state index in [1.165, 1.54) is 4.90 Å². The number of fused-ring (bicyclic) bond motifs is 1. The van der Waals surface area contributed by atoms with Crippen LogP contribution >= 0.6 is 11.8 Å². The van der Waals surface area contributed by atoms with Gasteiger partial charge in [0.2, 0.25) is 0 Å². The molecule has 0 radical (unpaired) electrons. The van der Waals surface area contributed by atoms with Gasteiger partial charge in [0.15, 0.2) is 0 Å². The Kier molecular flexibility index (Phi) is 4.29. The Labute approximate surface area is 89.6 Å². The highest BCUT2D eigenvalue weighted by Crippen LogP contribution is 2.34. The van der Waals surface area contributed by atoms with E-state index in [-0.39, 0.29) is 13.5 Å². The fourth-order valence-corrected chi connectivity index (χ4v) is 2.29. The molecule has 0 N–H and O–H groups in total. The van der Waals surface area contributed by atoms with Crippen molar-refractivity contribution in [1.29, 1.82) is 0 Å². The van der Waals surface area contributed by atoms with Gasteiger partial charge in [-0.3, -0.25) is 0 Å². The van der Waals surface area contributed by atoms with Gasteiger partial charge in [0.25, 0.3) is 0 Å². The Morgan fingerprint density at radius 2 is 2.29 bits per heavy atom. The summed E-state index contributed by atoms with van der Waals surface area (Å²) in [5, 5.41) is 0. The first-order valence-electron chi connectivity index (χ1n) is 4.27. The number of methoxy groups -OCH3 is 1. The van der Waals surface area contributed by atoms with Crippen LogP contribution in [-0.4, -0.2) is 25.6 Å². The van der Waals surface area contributed by atoms with Crippen LogP contribution in [0.3, 0.4) is 0 Å². The van der Waals surface area contributed by atoms with Crippen molar-refractivity contribution in [1.82, 2.24) is 0 Å². The van der Waals surface area contributed by atoms with Gasteiger partial charge in [-0.15, -0.1) is 11.8 Å². The molecule has 14 heavy (non-hydrogen) atoms. The van der Waals surface area contributed by atoms with Gasteiger partial charge >= 0.3 is 0 Å². The third-order valence-corrected chi connectivity index (χ3v) is 3.11. The van der Waals surface area contributed by atoms with Crippen molar-refractivity contribution in [2.45, 2.75) is 18.4 Å².